The van der Waals surface area contributed by atoms with Crippen molar-refractivity contribution in [2.24, 2.45) is 35.5 Å². The Kier molecular flexibility index (Phi) is 7.11. The van der Waals surface area contributed by atoms with Gasteiger partial charge in [0.2, 0.25) is 23.6 Å². The maximum absolute atomic E-state index is 6.51. The van der Waals surface area contributed by atoms with Gasteiger partial charge in [0.1, 0.15) is 0 Å². The summed E-state index contributed by atoms with van der Waals surface area (Å²) in [6.07, 6.45) is 20.4. The fourth-order valence-electron chi connectivity index (χ4n) is 9.90. The van der Waals surface area contributed by atoms with Gasteiger partial charge in [-0.25, -0.2) is 0 Å². The van der Waals surface area contributed by atoms with Gasteiger partial charge in [0.25, 0.3) is 0 Å². The van der Waals surface area contributed by atoms with E-state index in [1.165, 1.54) is 77.0 Å². The molecule has 2 aromatic heterocycles. The molecule has 7 rings (SSSR count). The van der Waals surface area contributed by atoms with Crippen LogP contribution < -0.4 is 0 Å². The summed E-state index contributed by atoms with van der Waals surface area (Å²) in [5.41, 5.74) is 0. The second-order valence-electron chi connectivity index (χ2n) is 14.1. The van der Waals surface area contributed by atoms with Crippen LogP contribution in [0.1, 0.15) is 164 Å². The maximum atomic E-state index is 6.51. The quantitative estimate of drug-likeness (QED) is 0.402. The molecule has 0 saturated heterocycles. The van der Waals surface area contributed by atoms with Crippen molar-refractivity contribution in [3.05, 3.63) is 23.6 Å². The van der Waals surface area contributed by atoms with E-state index in [0.29, 0.717) is 23.7 Å². The number of hydrogen-bond acceptors (Lipinski definition) is 6. The van der Waals surface area contributed by atoms with E-state index in [1.807, 2.05) is 0 Å². The molecule has 6 heteroatoms. The summed E-state index contributed by atoms with van der Waals surface area (Å²) in [4.78, 5) is 0. The zero-order valence-electron chi connectivity index (χ0n) is 23.7. The first-order chi connectivity index (χ1) is 18.7. The molecule has 10 atom stereocenters. The third-order valence-electron chi connectivity index (χ3n) is 12.0. The summed E-state index contributed by atoms with van der Waals surface area (Å²) in [6, 6.07) is 0. The van der Waals surface area contributed by atoms with Gasteiger partial charge in [-0.1, -0.05) is 46.0 Å². The van der Waals surface area contributed by atoms with Crippen molar-refractivity contribution < 1.29 is 8.83 Å². The lowest BCUT2D eigenvalue weighted by Gasteiger charge is -2.43. The molecule has 38 heavy (non-hydrogen) atoms. The minimum Gasteiger partial charge on any atom is -0.425 e. The van der Waals surface area contributed by atoms with Crippen LogP contribution in [0.25, 0.3) is 0 Å². The predicted octanol–water partition coefficient (Wildman–Crippen LogP) is 8.53. The van der Waals surface area contributed by atoms with Crippen molar-refractivity contribution in [1.29, 1.82) is 0 Å². The molecule has 5 saturated carbocycles. The SMILES string of the molecule is CC1CCC(c2nnc(C3CCCC(c4nnc(C5CCC(C)C6CCCCC56)o4)C3)o2)C2CCCCC12. The van der Waals surface area contributed by atoms with E-state index in [1.54, 1.807) is 0 Å². The van der Waals surface area contributed by atoms with Gasteiger partial charge in [0.15, 0.2) is 0 Å². The van der Waals surface area contributed by atoms with Crippen LogP contribution in [0.15, 0.2) is 8.83 Å². The van der Waals surface area contributed by atoms with Crippen molar-refractivity contribution in [2.75, 3.05) is 0 Å². The van der Waals surface area contributed by atoms with Gasteiger partial charge < -0.3 is 8.83 Å². The molecule has 0 bridgehead atoms. The molecule has 0 amide bonds. The average Bonchev–Trinajstić information content (AvgIpc) is 3.65. The monoisotopic (exact) mass is 520 g/mol. The van der Waals surface area contributed by atoms with E-state index in [2.05, 4.69) is 34.2 Å². The third kappa shape index (κ3) is 4.66. The number of aromatic nitrogens is 4. The van der Waals surface area contributed by atoms with Crippen molar-refractivity contribution in [1.82, 2.24) is 20.4 Å². The second kappa shape index (κ2) is 10.7. The molecule has 0 aromatic carbocycles. The van der Waals surface area contributed by atoms with Crippen molar-refractivity contribution in [2.45, 2.75) is 140 Å². The maximum Gasteiger partial charge on any atom is 0.219 e. The largest absolute Gasteiger partial charge is 0.425 e. The molecule has 0 N–H and O–H groups in total. The summed E-state index contributed by atoms with van der Waals surface area (Å²) in [5, 5.41) is 18.6. The first-order valence-electron chi connectivity index (χ1n) is 16.3. The minimum atomic E-state index is 0.313. The Bertz CT molecular complexity index is 997. The molecule has 6 nitrogen and oxygen atoms in total. The van der Waals surface area contributed by atoms with Gasteiger partial charge >= 0.3 is 0 Å². The van der Waals surface area contributed by atoms with Gasteiger partial charge in [-0.05, 0) is 106 Å². The molecule has 5 aliphatic carbocycles. The van der Waals surface area contributed by atoms with Crippen molar-refractivity contribution >= 4 is 0 Å². The van der Waals surface area contributed by atoms with E-state index in [4.69, 9.17) is 8.83 Å². The number of nitrogens with zero attached hydrogens (tertiary/aromatic N) is 4. The standard InChI is InChI=1S/C32H48N4O2/c1-19-14-16-27(25-12-5-3-10-23(19)25)31-35-33-29(37-31)21-8-7-9-22(18-21)30-34-36-32(38-30)28-17-15-20(2)24-11-4-6-13-26(24)28/h19-28H,3-18H2,1-2H3. The van der Waals surface area contributed by atoms with Crippen LogP contribution in [0.2, 0.25) is 0 Å². The van der Waals surface area contributed by atoms with E-state index in [9.17, 15) is 0 Å². The normalized spacial score (nSPS) is 41.8. The molecule has 2 heterocycles. The van der Waals surface area contributed by atoms with Crippen LogP contribution in [0.3, 0.4) is 0 Å². The Morgan fingerprint density at radius 1 is 0.447 bits per heavy atom. The summed E-state index contributed by atoms with van der Waals surface area (Å²) < 4.78 is 13.0. The van der Waals surface area contributed by atoms with Crippen LogP contribution in [0.4, 0.5) is 0 Å². The van der Waals surface area contributed by atoms with Crippen molar-refractivity contribution in [3.63, 3.8) is 0 Å². The number of fused-ring (bicyclic) bond motifs is 2. The Morgan fingerprint density at radius 3 is 1.34 bits per heavy atom. The van der Waals surface area contributed by atoms with Gasteiger partial charge in [-0.15, -0.1) is 20.4 Å². The summed E-state index contributed by atoms with van der Waals surface area (Å²) in [7, 11) is 0. The van der Waals surface area contributed by atoms with Crippen LogP contribution in [-0.4, -0.2) is 20.4 Å². The highest BCUT2D eigenvalue weighted by Gasteiger charge is 2.43. The molecule has 5 aliphatic rings. The Balaban J connectivity index is 1.04. The Labute approximate surface area is 228 Å². The second-order valence-corrected chi connectivity index (χ2v) is 14.1. The van der Waals surface area contributed by atoms with Gasteiger partial charge in [0, 0.05) is 23.7 Å². The smallest absolute Gasteiger partial charge is 0.219 e. The van der Waals surface area contributed by atoms with Crippen LogP contribution in [-0.2, 0) is 0 Å². The molecule has 5 fully saturated rings. The fraction of sp³-hybridized carbons (Fsp3) is 0.875. The Morgan fingerprint density at radius 2 is 0.868 bits per heavy atom. The lowest BCUT2D eigenvalue weighted by Crippen LogP contribution is -2.34. The molecule has 2 aromatic rings. The van der Waals surface area contributed by atoms with Crippen LogP contribution >= 0.6 is 0 Å². The van der Waals surface area contributed by atoms with Crippen LogP contribution in [0, 0.1) is 35.5 Å². The van der Waals surface area contributed by atoms with Gasteiger partial charge in [-0.3, -0.25) is 0 Å². The Hall–Kier alpha value is -1.72. The topological polar surface area (TPSA) is 77.8 Å². The van der Waals surface area contributed by atoms with Gasteiger partial charge in [0.05, 0.1) is 0 Å². The summed E-state index contributed by atoms with van der Waals surface area (Å²) >= 11 is 0. The highest BCUT2D eigenvalue weighted by atomic mass is 16.4. The van der Waals surface area contributed by atoms with Gasteiger partial charge in [-0.2, -0.15) is 0 Å². The molecule has 0 aliphatic heterocycles. The molecule has 10 unspecified atom stereocenters. The first-order valence-corrected chi connectivity index (χ1v) is 16.3. The molecular weight excluding hydrogens is 472 g/mol. The third-order valence-corrected chi connectivity index (χ3v) is 12.0. The predicted molar refractivity (Wildman–Crippen MR) is 146 cm³/mol. The van der Waals surface area contributed by atoms with E-state index >= 15 is 0 Å². The number of hydrogen-bond donors (Lipinski definition) is 0. The highest BCUT2D eigenvalue weighted by molar-refractivity contribution is 5.07. The molecule has 208 valence electrons. The molecule has 0 radical (unpaired) electrons. The highest BCUT2D eigenvalue weighted by Crippen LogP contribution is 2.52. The average molecular weight is 521 g/mol. The lowest BCUT2D eigenvalue weighted by molar-refractivity contribution is 0.0799. The zero-order valence-corrected chi connectivity index (χ0v) is 23.7. The number of rotatable bonds is 4. The first kappa shape index (κ1) is 25.3. The van der Waals surface area contributed by atoms with E-state index in [0.717, 1.165) is 84.8 Å². The van der Waals surface area contributed by atoms with Crippen molar-refractivity contribution in [3.8, 4) is 0 Å². The summed E-state index contributed by atoms with van der Waals surface area (Å²) in [5.74, 6) is 10.0. The van der Waals surface area contributed by atoms with Crippen LogP contribution in [0.5, 0.6) is 0 Å². The lowest BCUT2D eigenvalue weighted by atomic mass is 9.61. The fourth-order valence-corrected chi connectivity index (χ4v) is 9.90. The molecule has 0 spiro atoms. The summed E-state index contributed by atoms with van der Waals surface area (Å²) in [6.45, 7) is 4.93. The minimum absolute atomic E-state index is 0.313. The zero-order chi connectivity index (χ0) is 25.6. The van der Waals surface area contributed by atoms with E-state index in [-0.39, 0.29) is 0 Å². The van der Waals surface area contributed by atoms with E-state index < -0.39 is 0 Å². The molecular formula is C32H48N4O2.